The smallest absolute Gasteiger partial charge is 0.236 e. The first-order chi connectivity index (χ1) is 7.81. The van der Waals surface area contributed by atoms with E-state index in [1.54, 1.807) is 17.6 Å². The van der Waals surface area contributed by atoms with E-state index in [0.717, 1.165) is 36.1 Å². The molecule has 0 unspecified atom stereocenters. The zero-order valence-corrected chi connectivity index (χ0v) is 9.61. The summed E-state index contributed by atoms with van der Waals surface area (Å²) in [6.45, 7) is 2.75. The third-order valence-electron chi connectivity index (χ3n) is 2.65. The molecule has 0 bridgehead atoms. The second-order valence-corrected chi connectivity index (χ2v) is 5.02. The van der Waals surface area contributed by atoms with Gasteiger partial charge < -0.3 is 10.2 Å². The molecule has 0 aromatic carbocycles. The number of nitrogens with two attached hydrogens (primary N) is 1. The molecule has 0 aliphatic carbocycles. The van der Waals surface area contributed by atoms with Gasteiger partial charge >= 0.3 is 0 Å². The molecule has 2 aromatic heterocycles. The van der Waals surface area contributed by atoms with E-state index in [1.165, 1.54) is 0 Å². The van der Waals surface area contributed by atoms with Crippen LogP contribution >= 0.6 is 11.3 Å². The van der Waals surface area contributed by atoms with Crippen molar-refractivity contribution in [2.45, 2.75) is 12.6 Å². The van der Waals surface area contributed by atoms with Crippen molar-refractivity contribution < 1.29 is 4.42 Å². The summed E-state index contributed by atoms with van der Waals surface area (Å²) < 4.78 is 5.45. The summed E-state index contributed by atoms with van der Waals surface area (Å²) in [4.78, 5) is 7.80. The molecule has 84 valence electrons. The first-order valence-electron chi connectivity index (χ1n) is 5.27. The van der Waals surface area contributed by atoms with Gasteiger partial charge in [-0.1, -0.05) is 6.07 Å². The Hall–Kier alpha value is -1.17. The summed E-state index contributed by atoms with van der Waals surface area (Å²) in [5, 5.41) is 2.02. The average molecular weight is 235 g/mol. The number of rotatable bonds is 3. The fraction of sp³-hybridized carbons (Fsp3) is 0.364. The molecule has 1 saturated heterocycles. The van der Waals surface area contributed by atoms with Crippen LogP contribution in [0.15, 0.2) is 28.2 Å². The van der Waals surface area contributed by atoms with Crippen LogP contribution in [0.2, 0.25) is 0 Å². The van der Waals surface area contributed by atoms with E-state index in [9.17, 15) is 0 Å². The van der Waals surface area contributed by atoms with Gasteiger partial charge in [0.15, 0.2) is 0 Å². The lowest BCUT2D eigenvalue weighted by molar-refractivity contribution is 0.140. The van der Waals surface area contributed by atoms with E-state index in [0.29, 0.717) is 6.04 Å². The van der Waals surface area contributed by atoms with E-state index in [4.69, 9.17) is 10.2 Å². The summed E-state index contributed by atoms with van der Waals surface area (Å²) in [7, 11) is 0. The lowest BCUT2D eigenvalue weighted by atomic mass is 10.1. The van der Waals surface area contributed by atoms with Crippen LogP contribution in [-0.4, -0.2) is 29.0 Å². The minimum atomic E-state index is 0.337. The van der Waals surface area contributed by atoms with Gasteiger partial charge in [-0.25, -0.2) is 4.98 Å². The van der Waals surface area contributed by atoms with Crippen LogP contribution in [-0.2, 0) is 6.54 Å². The number of hydrogen-bond acceptors (Lipinski definition) is 5. The van der Waals surface area contributed by atoms with Crippen molar-refractivity contribution in [2.75, 3.05) is 13.1 Å². The molecule has 1 fully saturated rings. The van der Waals surface area contributed by atoms with E-state index in [2.05, 4.69) is 9.88 Å². The number of hydrogen-bond donors (Lipinski definition) is 1. The van der Waals surface area contributed by atoms with Gasteiger partial charge in [0.05, 0.1) is 10.6 Å². The molecule has 0 amide bonds. The molecule has 0 saturated carbocycles. The summed E-state index contributed by atoms with van der Waals surface area (Å²) >= 11 is 1.64. The molecule has 3 rings (SSSR count). The van der Waals surface area contributed by atoms with Gasteiger partial charge in [-0.2, -0.15) is 0 Å². The molecule has 4 nitrogen and oxygen atoms in total. The van der Waals surface area contributed by atoms with Crippen LogP contribution in [0.25, 0.3) is 10.8 Å². The maximum atomic E-state index is 5.72. The lowest BCUT2D eigenvalue weighted by Crippen LogP contribution is -2.54. The maximum Gasteiger partial charge on any atom is 0.236 e. The van der Waals surface area contributed by atoms with Crippen LogP contribution in [0, 0.1) is 0 Å². The molecule has 0 spiro atoms. The topological polar surface area (TPSA) is 55.3 Å². The Morgan fingerprint density at radius 1 is 1.56 bits per heavy atom. The van der Waals surface area contributed by atoms with E-state index >= 15 is 0 Å². The normalized spacial score (nSPS) is 17.6. The van der Waals surface area contributed by atoms with Crippen LogP contribution in [0.3, 0.4) is 0 Å². The molecule has 1 aliphatic heterocycles. The number of oxazole rings is 1. The standard InChI is InChI=1S/C11H13N3OS/c12-8-4-14(5-8)6-9-7-15-11(13-9)10-2-1-3-16-10/h1-3,7-8H,4-6,12H2. The van der Waals surface area contributed by atoms with Crippen LogP contribution in [0.5, 0.6) is 0 Å². The van der Waals surface area contributed by atoms with Crippen molar-refractivity contribution in [2.24, 2.45) is 5.73 Å². The van der Waals surface area contributed by atoms with Gasteiger partial charge in [-0.3, -0.25) is 4.90 Å². The molecule has 2 aromatic rings. The second kappa shape index (κ2) is 4.01. The van der Waals surface area contributed by atoms with Crippen molar-refractivity contribution in [1.29, 1.82) is 0 Å². The number of thiophene rings is 1. The van der Waals surface area contributed by atoms with Gasteiger partial charge in [0, 0.05) is 25.7 Å². The quantitative estimate of drug-likeness (QED) is 0.877. The van der Waals surface area contributed by atoms with Crippen molar-refractivity contribution in [3.63, 3.8) is 0 Å². The highest BCUT2D eigenvalue weighted by Gasteiger charge is 2.23. The molecule has 16 heavy (non-hydrogen) atoms. The highest BCUT2D eigenvalue weighted by molar-refractivity contribution is 7.13. The Balaban J connectivity index is 1.69. The Labute approximate surface area is 97.7 Å². The third kappa shape index (κ3) is 1.89. The largest absolute Gasteiger partial charge is 0.444 e. The lowest BCUT2D eigenvalue weighted by Gasteiger charge is -2.36. The summed E-state index contributed by atoms with van der Waals surface area (Å²) in [6, 6.07) is 4.35. The third-order valence-corrected chi connectivity index (χ3v) is 3.51. The van der Waals surface area contributed by atoms with E-state index in [-0.39, 0.29) is 0 Å². The second-order valence-electron chi connectivity index (χ2n) is 4.08. The van der Waals surface area contributed by atoms with Crippen LogP contribution in [0.4, 0.5) is 0 Å². The van der Waals surface area contributed by atoms with Gasteiger partial charge in [-0.15, -0.1) is 11.3 Å². The SMILES string of the molecule is NC1CN(Cc2coc(-c3cccs3)n2)C1. The van der Waals surface area contributed by atoms with Gasteiger partial charge in [-0.05, 0) is 11.4 Å². The van der Waals surface area contributed by atoms with Crippen molar-refractivity contribution in [1.82, 2.24) is 9.88 Å². The minimum Gasteiger partial charge on any atom is -0.444 e. The van der Waals surface area contributed by atoms with Crippen molar-refractivity contribution in [3.8, 4) is 10.8 Å². The first-order valence-corrected chi connectivity index (χ1v) is 6.15. The molecule has 0 atom stereocenters. The maximum absolute atomic E-state index is 5.72. The van der Waals surface area contributed by atoms with Gasteiger partial charge in [0.25, 0.3) is 0 Å². The predicted octanol–water partition coefficient (Wildman–Crippen LogP) is 1.55. The molecule has 3 heterocycles. The molecule has 1 aliphatic rings. The number of likely N-dealkylation sites (tertiary alicyclic amines) is 1. The van der Waals surface area contributed by atoms with E-state index in [1.807, 2.05) is 17.5 Å². The Morgan fingerprint density at radius 3 is 3.12 bits per heavy atom. The summed E-state index contributed by atoms with van der Waals surface area (Å²) in [5.41, 5.74) is 6.70. The highest BCUT2D eigenvalue weighted by Crippen LogP contribution is 2.24. The molecule has 2 N–H and O–H groups in total. The first kappa shape index (κ1) is 10.0. The monoisotopic (exact) mass is 235 g/mol. The molecular formula is C11H13N3OS. The number of nitrogens with zero attached hydrogens (tertiary/aromatic N) is 2. The number of aromatic nitrogens is 1. The fourth-order valence-electron chi connectivity index (χ4n) is 1.86. The fourth-order valence-corrected chi connectivity index (χ4v) is 2.52. The average Bonchev–Trinajstić information content (AvgIpc) is 2.84. The van der Waals surface area contributed by atoms with Crippen molar-refractivity contribution >= 4 is 11.3 Å². The predicted molar refractivity (Wildman–Crippen MR) is 63.1 cm³/mol. The minimum absolute atomic E-state index is 0.337. The van der Waals surface area contributed by atoms with Crippen molar-refractivity contribution in [3.05, 3.63) is 29.5 Å². The van der Waals surface area contributed by atoms with Gasteiger partial charge in [0.1, 0.15) is 6.26 Å². The van der Waals surface area contributed by atoms with Gasteiger partial charge in [0.2, 0.25) is 5.89 Å². The summed E-state index contributed by atoms with van der Waals surface area (Å²) in [5.74, 6) is 0.717. The Bertz CT molecular complexity index is 459. The Morgan fingerprint density at radius 2 is 2.44 bits per heavy atom. The molecular weight excluding hydrogens is 222 g/mol. The van der Waals surface area contributed by atoms with Crippen LogP contribution < -0.4 is 5.73 Å². The zero-order valence-electron chi connectivity index (χ0n) is 8.80. The van der Waals surface area contributed by atoms with E-state index < -0.39 is 0 Å². The zero-order chi connectivity index (χ0) is 11.0. The highest BCUT2D eigenvalue weighted by atomic mass is 32.1. The van der Waals surface area contributed by atoms with Crippen LogP contribution in [0.1, 0.15) is 5.69 Å². The molecule has 5 heteroatoms. The summed E-state index contributed by atoms with van der Waals surface area (Å²) in [6.07, 6.45) is 1.74. The Kier molecular flexibility index (Phi) is 2.51. The molecule has 0 radical (unpaired) electrons.